The second-order valence-corrected chi connectivity index (χ2v) is 8.19. The van der Waals surface area contributed by atoms with Crippen molar-refractivity contribution in [3.8, 4) is 16.3 Å². The van der Waals surface area contributed by atoms with Crippen molar-refractivity contribution in [2.24, 2.45) is 0 Å². The average Bonchev–Trinajstić information content (AvgIpc) is 3.38. The summed E-state index contributed by atoms with van der Waals surface area (Å²) in [6.45, 7) is 1.99. The molecule has 2 bridgehead atoms. The quantitative estimate of drug-likeness (QED) is 0.646. The van der Waals surface area contributed by atoms with Crippen LogP contribution in [0.4, 0.5) is 14.8 Å². The Bertz CT molecular complexity index is 1030. The van der Waals surface area contributed by atoms with Gasteiger partial charge >= 0.3 is 6.11 Å². The van der Waals surface area contributed by atoms with Gasteiger partial charge in [0.15, 0.2) is 23.0 Å². The van der Waals surface area contributed by atoms with E-state index < -0.39 is 12.2 Å². The van der Waals surface area contributed by atoms with Gasteiger partial charge in [0, 0.05) is 24.7 Å². The Balaban J connectivity index is 1.58. The minimum atomic E-state index is -3.78. The van der Waals surface area contributed by atoms with E-state index in [1.165, 1.54) is 22.5 Å². The Morgan fingerprint density at radius 3 is 2.72 bits per heavy atom. The Hall–Kier alpha value is -2.34. The van der Waals surface area contributed by atoms with Gasteiger partial charge in [0.05, 0.1) is 17.6 Å². The van der Waals surface area contributed by atoms with E-state index in [4.69, 9.17) is 9.15 Å². The molecule has 0 saturated carbocycles. The van der Waals surface area contributed by atoms with Crippen LogP contribution in [0, 0.1) is 0 Å². The second-order valence-electron chi connectivity index (χ2n) is 7.29. The largest absolute Gasteiger partial charge is 0.428 e. The molecular weight excluding hydrogens is 406 g/mol. The highest BCUT2D eigenvalue weighted by atomic mass is 32.1. The Kier molecular flexibility index (Phi) is 4.24. The van der Waals surface area contributed by atoms with Crippen molar-refractivity contribution in [2.75, 3.05) is 18.0 Å². The molecule has 0 amide bonds. The molecule has 5 heterocycles. The van der Waals surface area contributed by atoms with E-state index in [-0.39, 0.29) is 34.9 Å². The topological polar surface area (TPSA) is 95.1 Å². The van der Waals surface area contributed by atoms with Gasteiger partial charge in [0.1, 0.15) is 5.01 Å². The summed E-state index contributed by atoms with van der Waals surface area (Å²) in [5.74, 6) is -0.188. The summed E-state index contributed by atoms with van der Waals surface area (Å²) in [6, 6.07) is 3.24. The van der Waals surface area contributed by atoms with Gasteiger partial charge in [-0.2, -0.15) is 18.8 Å². The molecule has 3 aliphatic heterocycles. The van der Waals surface area contributed by atoms with Crippen LogP contribution in [0.5, 0.6) is 5.75 Å². The van der Waals surface area contributed by atoms with Crippen molar-refractivity contribution in [3.63, 3.8) is 0 Å². The molecule has 3 fully saturated rings. The summed E-state index contributed by atoms with van der Waals surface area (Å²) >= 11 is 1.39. The number of halogens is 2. The van der Waals surface area contributed by atoms with Crippen LogP contribution in [0.2, 0.25) is 0 Å². The zero-order valence-electron chi connectivity index (χ0n) is 15.3. The number of aliphatic hydroxyl groups is 1. The molecule has 2 unspecified atom stereocenters. The fourth-order valence-corrected chi connectivity index (χ4v) is 4.35. The highest BCUT2D eigenvalue weighted by Gasteiger charge is 2.45. The number of oxazole rings is 1. The molecule has 29 heavy (non-hydrogen) atoms. The number of benzene rings is 1. The van der Waals surface area contributed by atoms with Gasteiger partial charge in [-0.3, -0.25) is 0 Å². The summed E-state index contributed by atoms with van der Waals surface area (Å²) in [5.41, 5.74) is 1.04. The zero-order valence-corrected chi connectivity index (χ0v) is 16.1. The van der Waals surface area contributed by atoms with Crippen LogP contribution in [0.15, 0.2) is 28.1 Å². The number of piperazine rings is 1. The molecule has 11 heteroatoms. The first-order valence-electron chi connectivity index (χ1n) is 9.14. The van der Waals surface area contributed by atoms with Gasteiger partial charge < -0.3 is 24.4 Å². The maximum atomic E-state index is 14.0. The molecule has 0 spiro atoms. The molecule has 3 atom stereocenters. The third-order valence-electron chi connectivity index (χ3n) is 5.32. The van der Waals surface area contributed by atoms with Crippen molar-refractivity contribution in [1.29, 1.82) is 0 Å². The third kappa shape index (κ3) is 3.05. The van der Waals surface area contributed by atoms with Crippen LogP contribution < -0.4 is 9.64 Å². The molecule has 6 rings (SSSR count). The number of thiazole rings is 1. The van der Waals surface area contributed by atoms with Crippen LogP contribution in [-0.2, 0) is 0 Å². The summed E-state index contributed by atoms with van der Waals surface area (Å²) < 4.78 is 38.8. The number of alkyl halides is 2. The van der Waals surface area contributed by atoms with Crippen molar-refractivity contribution >= 4 is 28.5 Å². The predicted molar refractivity (Wildman–Crippen MR) is 100 cm³/mol. The minimum absolute atomic E-state index is 0.00233. The molecule has 1 aromatic carbocycles. The zero-order chi connectivity index (χ0) is 20.3. The molecule has 154 valence electrons. The van der Waals surface area contributed by atoms with Gasteiger partial charge in [-0.15, -0.1) is 11.3 Å². The number of aromatic nitrogens is 2. The van der Waals surface area contributed by atoms with Crippen LogP contribution in [0.25, 0.3) is 21.7 Å². The Morgan fingerprint density at radius 2 is 2.10 bits per heavy atom. The number of hydrogen-bond acceptors (Lipinski definition) is 9. The highest BCUT2D eigenvalue weighted by molar-refractivity contribution is 7.13. The summed E-state index contributed by atoms with van der Waals surface area (Å²) in [7, 11) is 0. The van der Waals surface area contributed by atoms with Crippen molar-refractivity contribution in [2.45, 2.75) is 37.6 Å². The lowest BCUT2D eigenvalue weighted by molar-refractivity contribution is -0.233. The second kappa shape index (κ2) is 6.59. The lowest BCUT2D eigenvalue weighted by atomic mass is 9.91. The van der Waals surface area contributed by atoms with Crippen molar-refractivity contribution < 1.29 is 28.2 Å². The van der Waals surface area contributed by atoms with Crippen LogP contribution in [0.1, 0.15) is 13.3 Å². The van der Waals surface area contributed by atoms with E-state index in [1.54, 1.807) is 17.6 Å². The molecule has 0 aliphatic carbocycles. The maximum absolute atomic E-state index is 14.0. The SMILES string of the molecule is CC(O)C(F)(F)Oc1ccc(-c2nccs2)c2oc(N3CC4C[C@@H](C3)N4O)nc12. The van der Waals surface area contributed by atoms with Crippen LogP contribution >= 0.6 is 11.3 Å². The highest BCUT2D eigenvalue weighted by Crippen LogP contribution is 2.41. The fourth-order valence-electron chi connectivity index (χ4n) is 3.69. The van der Waals surface area contributed by atoms with E-state index in [9.17, 15) is 19.1 Å². The maximum Gasteiger partial charge on any atom is 0.424 e. The van der Waals surface area contributed by atoms with Gasteiger partial charge in [0.25, 0.3) is 6.01 Å². The molecule has 3 saturated heterocycles. The van der Waals surface area contributed by atoms with Gasteiger partial charge in [-0.05, 0) is 25.5 Å². The number of ether oxygens (including phenoxy) is 1. The molecule has 0 radical (unpaired) electrons. The summed E-state index contributed by atoms with van der Waals surface area (Å²) in [4.78, 5) is 10.6. The van der Waals surface area contributed by atoms with E-state index in [0.717, 1.165) is 13.3 Å². The molecule has 2 N–H and O–H groups in total. The third-order valence-corrected chi connectivity index (χ3v) is 6.12. The normalized spacial score (nSPS) is 23.3. The van der Waals surface area contributed by atoms with Crippen LogP contribution in [-0.4, -0.2) is 62.7 Å². The van der Waals surface area contributed by atoms with Gasteiger partial charge in [0.2, 0.25) is 0 Å². The number of nitrogens with zero attached hydrogens (tertiary/aromatic N) is 4. The first kappa shape index (κ1) is 18.7. The average molecular weight is 424 g/mol. The number of hydrogen-bond donors (Lipinski definition) is 2. The van der Waals surface area contributed by atoms with E-state index >= 15 is 0 Å². The molecule has 2 aromatic heterocycles. The molecule has 3 aromatic rings. The monoisotopic (exact) mass is 424 g/mol. The number of piperidine rings is 1. The number of hydroxylamine groups is 2. The van der Waals surface area contributed by atoms with Crippen LogP contribution in [0.3, 0.4) is 0 Å². The van der Waals surface area contributed by atoms with Crippen molar-refractivity contribution in [3.05, 3.63) is 23.7 Å². The predicted octanol–water partition coefficient (Wildman–Crippen LogP) is 2.96. The van der Waals surface area contributed by atoms with E-state index in [0.29, 0.717) is 23.7 Å². The van der Waals surface area contributed by atoms with Gasteiger partial charge in [-0.25, -0.2) is 4.98 Å². The Morgan fingerprint density at radius 1 is 1.34 bits per heavy atom. The molecular formula is C18H18F2N4O4S. The lowest BCUT2D eigenvalue weighted by Crippen LogP contribution is -2.67. The first-order chi connectivity index (χ1) is 13.8. The first-order valence-corrected chi connectivity index (χ1v) is 10.0. The van der Waals surface area contributed by atoms with E-state index in [2.05, 4.69) is 9.97 Å². The molecule has 3 aliphatic rings. The minimum Gasteiger partial charge on any atom is -0.428 e. The summed E-state index contributed by atoms with van der Waals surface area (Å²) in [6.07, 6.45) is -3.23. The molecule has 8 nitrogen and oxygen atoms in total. The summed E-state index contributed by atoms with van der Waals surface area (Å²) in [5, 5.41) is 23.0. The number of anilines is 1. The number of rotatable bonds is 5. The van der Waals surface area contributed by atoms with E-state index in [1.807, 2.05) is 4.90 Å². The van der Waals surface area contributed by atoms with Gasteiger partial charge in [-0.1, -0.05) is 0 Å². The standard InChI is InChI=1S/C18H18F2N4O4S/c1-9(25)18(19,20)28-13-3-2-12(16-21-4-5-29-16)15-14(13)22-17(27-15)23-7-10-6-11(8-23)24(10)26/h2-5,9-11,25-26H,6-8H2,1H3/t9?,10-,11?/m0/s1. The smallest absolute Gasteiger partial charge is 0.424 e. The van der Waals surface area contributed by atoms with Crippen molar-refractivity contribution in [1.82, 2.24) is 15.0 Å². The number of fused-ring (bicyclic) bond motifs is 3. The lowest BCUT2D eigenvalue weighted by Gasteiger charge is -2.52. The number of aliphatic hydroxyl groups excluding tert-OH is 1. The fraction of sp³-hybridized carbons (Fsp3) is 0.444. The Labute approximate surface area is 167 Å².